The molecule has 158 valence electrons. The number of rotatable bonds is 5. The van der Waals surface area contributed by atoms with Gasteiger partial charge in [0.1, 0.15) is 5.69 Å². The van der Waals surface area contributed by atoms with E-state index in [0.29, 0.717) is 41.0 Å². The van der Waals surface area contributed by atoms with Gasteiger partial charge in [-0.3, -0.25) is 9.78 Å². The maximum absolute atomic E-state index is 12.1. The van der Waals surface area contributed by atoms with E-state index >= 15 is 0 Å². The van der Waals surface area contributed by atoms with Crippen LogP contribution in [-0.2, 0) is 6.54 Å². The van der Waals surface area contributed by atoms with E-state index in [1.807, 2.05) is 43.3 Å². The summed E-state index contributed by atoms with van der Waals surface area (Å²) < 4.78 is 5.87. The van der Waals surface area contributed by atoms with Crippen LogP contribution in [0.5, 0.6) is 0 Å². The zero-order chi connectivity index (χ0) is 22.0. The lowest BCUT2D eigenvalue weighted by Gasteiger charge is -2.10. The second kappa shape index (κ2) is 8.45. The van der Waals surface area contributed by atoms with Gasteiger partial charge in [0, 0.05) is 38.8 Å². The largest absolute Gasteiger partial charge is 0.415 e. The molecule has 0 unspecified atom stereocenters. The molecule has 0 bridgehead atoms. The lowest BCUT2D eigenvalue weighted by Crippen LogP contribution is -2.21. The molecule has 8 heteroatoms. The Morgan fingerprint density at radius 2 is 1.65 bits per heavy atom. The Hall–Kier alpha value is -3.91. The van der Waals surface area contributed by atoms with E-state index in [1.54, 1.807) is 32.4 Å². The van der Waals surface area contributed by atoms with Crippen molar-refractivity contribution >= 4 is 5.91 Å². The molecule has 4 aromatic rings. The standard InChI is InChI=1S/C23H22N6O2.H2/c1-14-20(22-28-27-21(31-22)17-6-4-15(12-24)5-7-17)26-19(13-25-14)16-8-10-18(11-9-16)23(30)29(2)3;/h4-11,13H,12,24H2,1-3H3;1H. The molecule has 0 saturated carbocycles. The van der Waals surface area contributed by atoms with E-state index in [-0.39, 0.29) is 7.33 Å². The molecule has 4 rings (SSSR count). The Kier molecular flexibility index (Phi) is 5.55. The number of nitrogens with two attached hydrogens (primary N) is 1. The van der Waals surface area contributed by atoms with Gasteiger partial charge in [0.2, 0.25) is 5.89 Å². The summed E-state index contributed by atoms with van der Waals surface area (Å²) in [6.45, 7) is 2.31. The van der Waals surface area contributed by atoms with Gasteiger partial charge in [-0.25, -0.2) is 4.98 Å². The van der Waals surface area contributed by atoms with E-state index in [4.69, 9.17) is 10.2 Å². The Morgan fingerprint density at radius 3 is 2.29 bits per heavy atom. The molecule has 0 aliphatic heterocycles. The summed E-state index contributed by atoms with van der Waals surface area (Å²) in [5.74, 6) is 0.640. The minimum Gasteiger partial charge on any atom is -0.415 e. The maximum Gasteiger partial charge on any atom is 0.268 e. The second-order valence-corrected chi connectivity index (χ2v) is 7.28. The average molecular weight is 416 g/mol. The number of hydrogen-bond acceptors (Lipinski definition) is 7. The number of hydrogen-bond donors (Lipinski definition) is 1. The highest BCUT2D eigenvalue weighted by Crippen LogP contribution is 2.27. The minimum atomic E-state index is -0.0554. The Labute approximate surface area is 181 Å². The molecule has 2 aromatic heterocycles. The van der Waals surface area contributed by atoms with Gasteiger partial charge >= 0.3 is 0 Å². The van der Waals surface area contributed by atoms with Gasteiger partial charge in [0.25, 0.3) is 11.8 Å². The highest BCUT2D eigenvalue weighted by atomic mass is 16.4. The fourth-order valence-corrected chi connectivity index (χ4v) is 3.05. The molecular formula is C23H24N6O2. The van der Waals surface area contributed by atoms with E-state index in [2.05, 4.69) is 20.2 Å². The molecule has 0 aliphatic carbocycles. The predicted octanol–water partition coefficient (Wildman–Crippen LogP) is 3.58. The highest BCUT2D eigenvalue weighted by molar-refractivity contribution is 5.94. The smallest absolute Gasteiger partial charge is 0.268 e. The molecule has 2 N–H and O–H groups in total. The number of aryl methyl sites for hydroxylation is 1. The molecule has 0 aliphatic rings. The molecule has 0 saturated heterocycles. The summed E-state index contributed by atoms with van der Waals surface area (Å²) >= 11 is 0. The fourth-order valence-electron chi connectivity index (χ4n) is 3.05. The van der Waals surface area contributed by atoms with Crippen molar-refractivity contribution in [1.29, 1.82) is 0 Å². The summed E-state index contributed by atoms with van der Waals surface area (Å²) in [4.78, 5) is 22.8. The van der Waals surface area contributed by atoms with Crippen molar-refractivity contribution in [3.63, 3.8) is 0 Å². The molecule has 0 fully saturated rings. The van der Waals surface area contributed by atoms with Crippen LogP contribution in [-0.4, -0.2) is 45.1 Å². The third-order valence-electron chi connectivity index (χ3n) is 4.85. The number of amides is 1. The molecule has 2 aromatic carbocycles. The zero-order valence-electron chi connectivity index (χ0n) is 17.5. The first-order valence-corrected chi connectivity index (χ1v) is 9.75. The van der Waals surface area contributed by atoms with Gasteiger partial charge in [-0.2, -0.15) is 0 Å². The lowest BCUT2D eigenvalue weighted by molar-refractivity contribution is 0.0827. The lowest BCUT2D eigenvalue weighted by atomic mass is 10.1. The molecule has 2 heterocycles. The van der Waals surface area contributed by atoms with Gasteiger partial charge in [-0.1, -0.05) is 24.3 Å². The Morgan fingerprint density at radius 1 is 1.00 bits per heavy atom. The SMILES string of the molecule is Cc1ncc(-c2ccc(C(=O)N(C)C)cc2)nc1-c1nnc(-c2ccc(CN)cc2)o1.[HH]. The first-order chi connectivity index (χ1) is 15.0. The van der Waals surface area contributed by atoms with Crippen molar-refractivity contribution in [2.75, 3.05) is 14.1 Å². The van der Waals surface area contributed by atoms with Gasteiger partial charge < -0.3 is 15.1 Å². The normalized spacial score (nSPS) is 10.8. The summed E-state index contributed by atoms with van der Waals surface area (Å²) in [6, 6.07) is 14.9. The molecule has 8 nitrogen and oxygen atoms in total. The molecule has 1 amide bonds. The third-order valence-corrected chi connectivity index (χ3v) is 4.85. The number of carbonyl (C=O) groups is 1. The van der Waals surface area contributed by atoms with Crippen LogP contribution in [0.4, 0.5) is 0 Å². The van der Waals surface area contributed by atoms with Crippen LogP contribution in [0.1, 0.15) is 23.0 Å². The fraction of sp³-hybridized carbons (Fsp3) is 0.174. The molecule has 31 heavy (non-hydrogen) atoms. The molecular weight excluding hydrogens is 392 g/mol. The average Bonchev–Trinajstić information content (AvgIpc) is 3.29. The van der Waals surface area contributed by atoms with Crippen molar-refractivity contribution in [3.05, 3.63) is 71.5 Å². The Bertz CT molecular complexity index is 1220. The van der Waals surface area contributed by atoms with Crippen molar-refractivity contribution in [1.82, 2.24) is 25.1 Å². The number of aromatic nitrogens is 4. The minimum absolute atomic E-state index is 0. The Balaban J connectivity index is 0.00000289. The van der Waals surface area contributed by atoms with Crippen LogP contribution >= 0.6 is 0 Å². The van der Waals surface area contributed by atoms with Crippen LogP contribution in [0.15, 0.2) is 59.1 Å². The summed E-state index contributed by atoms with van der Waals surface area (Å²) in [7, 11) is 3.44. The van der Waals surface area contributed by atoms with Crippen LogP contribution < -0.4 is 5.73 Å². The van der Waals surface area contributed by atoms with Crippen LogP contribution in [0.2, 0.25) is 0 Å². The quantitative estimate of drug-likeness (QED) is 0.529. The van der Waals surface area contributed by atoms with Gasteiger partial charge in [0.15, 0.2) is 0 Å². The van der Waals surface area contributed by atoms with Gasteiger partial charge in [-0.15, -0.1) is 10.2 Å². The van der Waals surface area contributed by atoms with E-state index in [9.17, 15) is 4.79 Å². The molecule has 0 atom stereocenters. The van der Waals surface area contributed by atoms with Crippen molar-refractivity contribution in [2.45, 2.75) is 13.5 Å². The van der Waals surface area contributed by atoms with Crippen molar-refractivity contribution in [2.24, 2.45) is 5.73 Å². The predicted molar refractivity (Wildman–Crippen MR) is 119 cm³/mol. The third kappa shape index (κ3) is 4.19. The second-order valence-electron chi connectivity index (χ2n) is 7.28. The van der Waals surface area contributed by atoms with Crippen molar-refractivity contribution in [3.8, 4) is 34.3 Å². The zero-order valence-corrected chi connectivity index (χ0v) is 17.5. The summed E-state index contributed by atoms with van der Waals surface area (Å²) in [5.41, 5.74) is 10.8. The number of benzene rings is 2. The van der Waals surface area contributed by atoms with Crippen LogP contribution in [0, 0.1) is 6.92 Å². The van der Waals surface area contributed by atoms with Crippen molar-refractivity contribution < 1.29 is 10.6 Å². The van der Waals surface area contributed by atoms with Crippen LogP contribution in [0.25, 0.3) is 34.3 Å². The molecule has 0 spiro atoms. The monoisotopic (exact) mass is 416 g/mol. The van der Waals surface area contributed by atoms with E-state index in [0.717, 1.165) is 16.7 Å². The van der Waals surface area contributed by atoms with Crippen LogP contribution in [0.3, 0.4) is 0 Å². The first kappa shape index (κ1) is 20.4. The first-order valence-electron chi connectivity index (χ1n) is 9.75. The van der Waals surface area contributed by atoms with Gasteiger partial charge in [0.05, 0.1) is 17.6 Å². The van der Waals surface area contributed by atoms with Gasteiger partial charge in [-0.05, 0) is 36.8 Å². The topological polar surface area (TPSA) is 111 Å². The van der Waals surface area contributed by atoms with E-state index < -0.39 is 0 Å². The number of nitrogens with zero attached hydrogens (tertiary/aromatic N) is 5. The number of carbonyl (C=O) groups excluding carboxylic acids is 1. The summed E-state index contributed by atoms with van der Waals surface area (Å²) in [5, 5.41) is 8.32. The summed E-state index contributed by atoms with van der Waals surface area (Å²) in [6.07, 6.45) is 1.68. The maximum atomic E-state index is 12.1. The molecule has 0 radical (unpaired) electrons. The highest BCUT2D eigenvalue weighted by Gasteiger charge is 2.16. The van der Waals surface area contributed by atoms with E-state index in [1.165, 1.54) is 4.90 Å².